The normalized spacial score (nSPS) is 11.9. The van der Waals surface area contributed by atoms with Crippen molar-refractivity contribution >= 4 is 11.0 Å². The van der Waals surface area contributed by atoms with Gasteiger partial charge in [-0.15, -0.1) is 0 Å². The van der Waals surface area contributed by atoms with Crippen LogP contribution in [-0.4, -0.2) is 9.55 Å². The second-order valence-corrected chi connectivity index (χ2v) is 5.95. The van der Waals surface area contributed by atoms with Crippen LogP contribution >= 0.6 is 0 Å². The van der Waals surface area contributed by atoms with Crippen molar-refractivity contribution in [3.63, 3.8) is 0 Å². The van der Waals surface area contributed by atoms with Crippen molar-refractivity contribution in [1.29, 1.82) is 0 Å². The SMILES string of the molecule is CC(C)CCn1c(CC(C)C)nc2ccccc21. The third-order valence-electron chi connectivity index (χ3n) is 3.25. The zero-order valence-corrected chi connectivity index (χ0v) is 12.0. The van der Waals surface area contributed by atoms with E-state index in [-0.39, 0.29) is 0 Å². The lowest BCUT2D eigenvalue weighted by Gasteiger charge is -2.12. The molecule has 0 saturated carbocycles. The van der Waals surface area contributed by atoms with Crippen LogP contribution in [0, 0.1) is 11.8 Å². The molecular formula is C16H24N2. The van der Waals surface area contributed by atoms with Gasteiger partial charge in [-0.05, 0) is 30.4 Å². The van der Waals surface area contributed by atoms with E-state index in [1.165, 1.54) is 17.8 Å². The second kappa shape index (κ2) is 5.55. The number of benzene rings is 1. The molecule has 2 rings (SSSR count). The van der Waals surface area contributed by atoms with Crippen LogP contribution in [0.3, 0.4) is 0 Å². The highest BCUT2D eigenvalue weighted by Gasteiger charge is 2.11. The molecule has 0 amide bonds. The molecule has 1 heterocycles. The molecule has 1 aromatic carbocycles. The first-order valence-corrected chi connectivity index (χ1v) is 7.02. The van der Waals surface area contributed by atoms with E-state index in [2.05, 4.69) is 56.5 Å². The van der Waals surface area contributed by atoms with E-state index in [1.807, 2.05) is 0 Å². The number of para-hydroxylation sites is 2. The molecular weight excluding hydrogens is 220 g/mol. The summed E-state index contributed by atoms with van der Waals surface area (Å²) in [7, 11) is 0. The molecule has 2 aromatic rings. The fraction of sp³-hybridized carbons (Fsp3) is 0.562. The third kappa shape index (κ3) is 2.92. The average Bonchev–Trinajstić information content (AvgIpc) is 2.62. The lowest BCUT2D eigenvalue weighted by atomic mass is 10.1. The molecule has 2 heteroatoms. The van der Waals surface area contributed by atoms with Gasteiger partial charge >= 0.3 is 0 Å². The molecule has 0 fully saturated rings. The molecule has 1 aromatic heterocycles. The Balaban J connectivity index is 2.37. The molecule has 0 aliphatic heterocycles. The van der Waals surface area contributed by atoms with Crippen LogP contribution in [0.5, 0.6) is 0 Å². The lowest BCUT2D eigenvalue weighted by molar-refractivity contribution is 0.500. The van der Waals surface area contributed by atoms with Gasteiger partial charge < -0.3 is 4.57 Å². The van der Waals surface area contributed by atoms with Crippen LogP contribution in [0.2, 0.25) is 0 Å². The van der Waals surface area contributed by atoms with E-state index in [4.69, 9.17) is 4.98 Å². The standard InChI is InChI=1S/C16H24N2/c1-12(2)9-10-18-15-8-6-5-7-14(15)17-16(18)11-13(3)4/h5-8,12-13H,9-11H2,1-4H3. The van der Waals surface area contributed by atoms with Gasteiger partial charge in [0.25, 0.3) is 0 Å². The molecule has 18 heavy (non-hydrogen) atoms. The van der Waals surface area contributed by atoms with Crippen molar-refractivity contribution < 1.29 is 0 Å². The maximum Gasteiger partial charge on any atom is 0.110 e. The molecule has 2 nitrogen and oxygen atoms in total. The first-order valence-electron chi connectivity index (χ1n) is 7.02. The first-order chi connectivity index (χ1) is 8.58. The van der Waals surface area contributed by atoms with E-state index in [0.29, 0.717) is 5.92 Å². The molecule has 0 saturated heterocycles. The Morgan fingerprint density at radius 1 is 1.06 bits per heavy atom. The van der Waals surface area contributed by atoms with Gasteiger partial charge in [-0.2, -0.15) is 0 Å². The summed E-state index contributed by atoms with van der Waals surface area (Å²) >= 11 is 0. The Morgan fingerprint density at radius 3 is 2.44 bits per heavy atom. The van der Waals surface area contributed by atoms with Gasteiger partial charge in [0.1, 0.15) is 5.82 Å². The molecule has 0 spiro atoms. The predicted molar refractivity (Wildman–Crippen MR) is 77.7 cm³/mol. The van der Waals surface area contributed by atoms with E-state index in [1.54, 1.807) is 0 Å². The number of hydrogen-bond acceptors (Lipinski definition) is 1. The number of rotatable bonds is 5. The summed E-state index contributed by atoms with van der Waals surface area (Å²) in [6.45, 7) is 10.2. The fourth-order valence-electron chi connectivity index (χ4n) is 2.28. The van der Waals surface area contributed by atoms with E-state index >= 15 is 0 Å². The number of aromatic nitrogens is 2. The molecule has 0 atom stereocenters. The third-order valence-corrected chi connectivity index (χ3v) is 3.25. The summed E-state index contributed by atoms with van der Waals surface area (Å²) in [5, 5.41) is 0. The quantitative estimate of drug-likeness (QED) is 0.767. The van der Waals surface area contributed by atoms with E-state index < -0.39 is 0 Å². The Bertz CT molecular complexity index is 509. The molecule has 0 bridgehead atoms. The summed E-state index contributed by atoms with van der Waals surface area (Å²) in [5.41, 5.74) is 2.42. The summed E-state index contributed by atoms with van der Waals surface area (Å²) in [4.78, 5) is 4.79. The predicted octanol–water partition coefficient (Wildman–Crippen LogP) is 4.28. The van der Waals surface area contributed by atoms with Crippen molar-refractivity contribution in [2.24, 2.45) is 11.8 Å². The highest BCUT2D eigenvalue weighted by Crippen LogP contribution is 2.19. The molecule has 0 aliphatic carbocycles. The van der Waals surface area contributed by atoms with Gasteiger partial charge in [0, 0.05) is 13.0 Å². The minimum absolute atomic E-state index is 0.652. The minimum Gasteiger partial charge on any atom is -0.328 e. The van der Waals surface area contributed by atoms with Crippen LogP contribution in [0.4, 0.5) is 0 Å². The fourth-order valence-corrected chi connectivity index (χ4v) is 2.28. The zero-order chi connectivity index (χ0) is 13.1. The van der Waals surface area contributed by atoms with Gasteiger partial charge in [0.2, 0.25) is 0 Å². The molecule has 0 radical (unpaired) electrons. The van der Waals surface area contributed by atoms with Crippen molar-refractivity contribution in [2.45, 2.75) is 47.1 Å². The monoisotopic (exact) mass is 244 g/mol. The number of imidazole rings is 1. The van der Waals surface area contributed by atoms with E-state index in [9.17, 15) is 0 Å². The highest BCUT2D eigenvalue weighted by atomic mass is 15.1. The summed E-state index contributed by atoms with van der Waals surface area (Å²) in [6, 6.07) is 8.48. The smallest absolute Gasteiger partial charge is 0.110 e. The number of aryl methyl sites for hydroxylation is 1. The maximum atomic E-state index is 4.79. The van der Waals surface area contributed by atoms with Crippen molar-refractivity contribution in [1.82, 2.24) is 9.55 Å². The van der Waals surface area contributed by atoms with Crippen LogP contribution in [0.15, 0.2) is 24.3 Å². The maximum absolute atomic E-state index is 4.79. The molecule has 0 N–H and O–H groups in total. The first kappa shape index (κ1) is 13.1. The average molecular weight is 244 g/mol. The van der Waals surface area contributed by atoms with Crippen LogP contribution < -0.4 is 0 Å². The van der Waals surface area contributed by atoms with Crippen molar-refractivity contribution in [3.05, 3.63) is 30.1 Å². The summed E-state index contributed by atoms with van der Waals surface area (Å²) in [6.07, 6.45) is 2.28. The lowest BCUT2D eigenvalue weighted by Crippen LogP contribution is -2.08. The van der Waals surface area contributed by atoms with Crippen LogP contribution in [-0.2, 0) is 13.0 Å². The van der Waals surface area contributed by atoms with Crippen LogP contribution in [0.1, 0.15) is 39.9 Å². The summed E-state index contributed by atoms with van der Waals surface area (Å²) < 4.78 is 2.41. The van der Waals surface area contributed by atoms with Gasteiger partial charge in [0.05, 0.1) is 11.0 Å². The number of nitrogens with zero attached hydrogens (tertiary/aromatic N) is 2. The van der Waals surface area contributed by atoms with Gasteiger partial charge in [0.15, 0.2) is 0 Å². The minimum atomic E-state index is 0.652. The van der Waals surface area contributed by atoms with E-state index in [0.717, 1.165) is 24.4 Å². The summed E-state index contributed by atoms with van der Waals surface area (Å²) in [5.74, 6) is 2.63. The topological polar surface area (TPSA) is 17.8 Å². The molecule has 98 valence electrons. The second-order valence-electron chi connectivity index (χ2n) is 5.95. The van der Waals surface area contributed by atoms with Crippen molar-refractivity contribution in [3.8, 4) is 0 Å². The number of hydrogen-bond donors (Lipinski definition) is 0. The zero-order valence-electron chi connectivity index (χ0n) is 12.0. The Kier molecular flexibility index (Phi) is 4.05. The largest absolute Gasteiger partial charge is 0.328 e. The number of fused-ring (bicyclic) bond motifs is 1. The Labute approximate surface area is 110 Å². The van der Waals surface area contributed by atoms with Gasteiger partial charge in [-0.1, -0.05) is 39.8 Å². The molecule has 0 aliphatic rings. The molecule has 0 unspecified atom stereocenters. The van der Waals surface area contributed by atoms with Crippen LogP contribution in [0.25, 0.3) is 11.0 Å². The Hall–Kier alpha value is -1.31. The van der Waals surface area contributed by atoms with Gasteiger partial charge in [-0.25, -0.2) is 4.98 Å². The highest BCUT2D eigenvalue weighted by molar-refractivity contribution is 5.75. The van der Waals surface area contributed by atoms with Crippen molar-refractivity contribution in [2.75, 3.05) is 0 Å². The van der Waals surface area contributed by atoms with Gasteiger partial charge in [-0.3, -0.25) is 0 Å². The Morgan fingerprint density at radius 2 is 1.78 bits per heavy atom.